The zero-order valence-electron chi connectivity index (χ0n) is 12.2. The van der Waals surface area contributed by atoms with E-state index in [1.165, 1.54) is 0 Å². The first-order valence-electron chi connectivity index (χ1n) is 7.04. The summed E-state index contributed by atoms with van der Waals surface area (Å²) in [5.41, 5.74) is 1.52. The molecule has 1 heterocycles. The van der Waals surface area contributed by atoms with E-state index in [1.807, 2.05) is 72.8 Å². The number of carbonyl (C=O) groups is 1. The van der Waals surface area contributed by atoms with E-state index < -0.39 is 0 Å². The standard InChI is InChI=1S/C18H14N2OSSe/c21-18(20-14-8-2-1-3-9-14)15-10-4-5-11-16(15)23-22-17-12-6-7-13-19-17/h1-13H,(H,20,21). The van der Waals surface area contributed by atoms with Gasteiger partial charge in [-0.3, -0.25) is 0 Å². The normalized spacial score (nSPS) is 10.3. The van der Waals surface area contributed by atoms with Crippen LogP contribution in [0.15, 0.2) is 84.0 Å². The van der Waals surface area contributed by atoms with Crippen molar-refractivity contribution >= 4 is 40.1 Å². The third-order valence-electron chi connectivity index (χ3n) is 3.02. The van der Waals surface area contributed by atoms with Crippen molar-refractivity contribution in [3.63, 3.8) is 0 Å². The summed E-state index contributed by atoms with van der Waals surface area (Å²) in [5, 5.41) is 3.92. The average Bonchev–Trinajstić information content (AvgIpc) is 2.62. The molecule has 23 heavy (non-hydrogen) atoms. The summed E-state index contributed by atoms with van der Waals surface area (Å²) in [6.07, 6.45) is 1.78. The number of amides is 1. The molecular formula is C18H14N2OSSe. The molecule has 0 saturated carbocycles. The molecule has 0 saturated heterocycles. The molecule has 0 atom stereocenters. The van der Waals surface area contributed by atoms with Crippen molar-refractivity contribution in [2.24, 2.45) is 0 Å². The fourth-order valence-corrected chi connectivity index (χ4v) is 5.63. The predicted octanol–water partition coefficient (Wildman–Crippen LogP) is 3.37. The summed E-state index contributed by atoms with van der Waals surface area (Å²) in [5.74, 6) is -0.0738. The number of aromatic nitrogens is 1. The number of rotatable bonds is 5. The maximum absolute atomic E-state index is 12.5. The number of nitrogens with one attached hydrogen (secondary N) is 1. The second kappa shape index (κ2) is 7.97. The van der Waals surface area contributed by atoms with Gasteiger partial charge in [-0.05, 0) is 0 Å². The Labute approximate surface area is 144 Å². The number of benzene rings is 2. The van der Waals surface area contributed by atoms with Gasteiger partial charge in [-0.1, -0.05) is 0 Å². The SMILES string of the molecule is O=C(Nc1ccccc1)c1ccccc1[Se]Sc1ccccn1. The van der Waals surface area contributed by atoms with E-state index in [1.54, 1.807) is 16.4 Å². The van der Waals surface area contributed by atoms with Gasteiger partial charge in [0.2, 0.25) is 0 Å². The summed E-state index contributed by atoms with van der Waals surface area (Å²) in [6, 6.07) is 23.1. The molecule has 5 heteroatoms. The van der Waals surface area contributed by atoms with Gasteiger partial charge in [0.15, 0.2) is 0 Å². The van der Waals surface area contributed by atoms with Gasteiger partial charge in [-0.15, -0.1) is 0 Å². The number of nitrogens with zero attached hydrogens (tertiary/aromatic N) is 1. The number of hydrogen-bond donors (Lipinski definition) is 1. The molecule has 3 nitrogen and oxygen atoms in total. The molecule has 1 amide bonds. The zero-order chi connectivity index (χ0) is 15.9. The molecule has 0 fully saturated rings. The number of hydrogen-bond acceptors (Lipinski definition) is 3. The van der Waals surface area contributed by atoms with E-state index in [0.29, 0.717) is 0 Å². The van der Waals surface area contributed by atoms with Crippen LogP contribution in [0, 0.1) is 0 Å². The molecular weight excluding hydrogens is 371 g/mol. The molecule has 3 rings (SSSR count). The van der Waals surface area contributed by atoms with Crippen molar-refractivity contribution in [3.8, 4) is 0 Å². The summed E-state index contributed by atoms with van der Waals surface area (Å²) < 4.78 is 1.06. The maximum atomic E-state index is 12.5. The number of pyridine rings is 1. The van der Waals surface area contributed by atoms with Crippen LogP contribution in [0.2, 0.25) is 0 Å². The molecule has 0 spiro atoms. The first-order valence-corrected chi connectivity index (χ1v) is 10.7. The molecule has 1 aromatic heterocycles. The quantitative estimate of drug-likeness (QED) is 0.685. The van der Waals surface area contributed by atoms with Gasteiger partial charge < -0.3 is 0 Å². The summed E-state index contributed by atoms with van der Waals surface area (Å²) >= 11 is 0.0823. The van der Waals surface area contributed by atoms with E-state index in [0.717, 1.165) is 20.7 Å². The van der Waals surface area contributed by atoms with Crippen LogP contribution in [0.4, 0.5) is 5.69 Å². The molecule has 114 valence electrons. The van der Waals surface area contributed by atoms with Crippen LogP contribution >= 0.6 is 10.2 Å². The Morgan fingerprint density at radius 3 is 2.43 bits per heavy atom. The molecule has 2 aromatic carbocycles. The van der Waals surface area contributed by atoms with Crippen LogP contribution < -0.4 is 9.78 Å². The van der Waals surface area contributed by atoms with Gasteiger partial charge in [0.1, 0.15) is 0 Å². The molecule has 3 aromatic rings. The number of para-hydroxylation sites is 1. The fraction of sp³-hybridized carbons (Fsp3) is 0. The van der Waals surface area contributed by atoms with E-state index >= 15 is 0 Å². The Kier molecular flexibility index (Phi) is 5.48. The molecule has 0 unspecified atom stereocenters. The minimum absolute atomic E-state index is 0.0738. The van der Waals surface area contributed by atoms with Crippen molar-refractivity contribution in [1.82, 2.24) is 4.98 Å². The van der Waals surface area contributed by atoms with Crippen molar-refractivity contribution in [2.45, 2.75) is 5.03 Å². The molecule has 0 aliphatic rings. The molecule has 0 aliphatic carbocycles. The average molecular weight is 385 g/mol. The molecule has 1 N–H and O–H groups in total. The first kappa shape index (κ1) is 15.8. The Morgan fingerprint density at radius 1 is 0.913 bits per heavy atom. The second-order valence-electron chi connectivity index (χ2n) is 4.65. The van der Waals surface area contributed by atoms with Crippen molar-refractivity contribution in [1.29, 1.82) is 0 Å². The first-order chi connectivity index (χ1) is 11.3. The fourth-order valence-electron chi connectivity index (χ4n) is 1.93. The molecule has 0 radical (unpaired) electrons. The van der Waals surface area contributed by atoms with E-state index in [4.69, 9.17) is 0 Å². The number of anilines is 1. The van der Waals surface area contributed by atoms with Gasteiger partial charge in [-0.2, -0.15) is 0 Å². The molecule has 0 bridgehead atoms. The third kappa shape index (κ3) is 4.45. The molecule has 0 aliphatic heterocycles. The Hall–Kier alpha value is -2.07. The summed E-state index contributed by atoms with van der Waals surface area (Å²) in [6.45, 7) is 0. The Balaban J connectivity index is 1.73. The Morgan fingerprint density at radius 2 is 1.65 bits per heavy atom. The predicted molar refractivity (Wildman–Crippen MR) is 96.3 cm³/mol. The third-order valence-corrected chi connectivity index (χ3v) is 7.17. The van der Waals surface area contributed by atoms with E-state index in [-0.39, 0.29) is 19.7 Å². The van der Waals surface area contributed by atoms with Gasteiger partial charge in [0, 0.05) is 0 Å². The zero-order valence-corrected chi connectivity index (χ0v) is 14.7. The van der Waals surface area contributed by atoms with Gasteiger partial charge in [0.05, 0.1) is 0 Å². The topological polar surface area (TPSA) is 42.0 Å². The van der Waals surface area contributed by atoms with Gasteiger partial charge >= 0.3 is 145 Å². The summed E-state index contributed by atoms with van der Waals surface area (Å²) in [7, 11) is 1.68. The van der Waals surface area contributed by atoms with Crippen LogP contribution in [-0.4, -0.2) is 24.7 Å². The van der Waals surface area contributed by atoms with Gasteiger partial charge in [-0.25, -0.2) is 0 Å². The van der Waals surface area contributed by atoms with Crippen molar-refractivity contribution in [2.75, 3.05) is 5.32 Å². The Bertz CT molecular complexity index is 781. The van der Waals surface area contributed by atoms with Crippen LogP contribution in [0.25, 0.3) is 0 Å². The van der Waals surface area contributed by atoms with Crippen LogP contribution in [0.3, 0.4) is 0 Å². The van der Waals surface area contributed by atoms with Crippen LogP contribution in [0.1, 0.15) is 10.4 Å². The van der Waals surface area contributed by atoms with Crippen molar-refractivity contribution in [3.05, 3.63) is 84.6 Å². The van der Waals surface area contributed by atoms with Gasteiger partial charge in [0.25, 0.3) is 0 Å². The second-order valence-corrected chi connectivity index (χ2v) is 8.42. The van der Waals surface area contributed by atoms with Crippen LogP contribution in [-0.2, 0) is 0 Å². The number of carbonyl (C=O) groups excluding carboxylic acids is 1. The summed E-state index contributed by atoms with van der Waals surface area (Å²) in [4.78, 5) is 16.8. The van der Waals surface area contributed by atoms with E-state index in [2.05, 4.69) is 10.3 Å². The van der Waals surface area contributed by atoms with E-state index in [9.17, 15) is 4.79 Å². The van der Waals surface area contributed by atoms with Crippen molar-refractivity contribution < 1.29 is 4.79 Å². The van der Waals surface area contributed by atoms with Crippen LogP contribution in [0.5, 0.6) is 0 Å². The minimum atomic E-state index is -0.0738. The monoisotopic (exact) mass is 386 g/mol.